The minimum atomic E-state index is -0.470. The Balaban J connectivity index is 1.58. The van der Waals surface area contributed by atoms with Crippen LogP contribution < -0.4 is 0 Å². The highest BCUT2D eigenvalue weighted by atomic mass is 16.7. The van der Waals surface area contributed by atoms with Crippen LogP contribution in [0.1, 0.15) is 32.6 Å². The second-order valence-electron chi connectivity index (χ2n) is 5.56. The standard InChI is InChI=1S/C12H21NO3/c1-11(14)3-2-10(11)13-6-4-12(5-7-13)15-8-9-16-12/h10,14H,2-9H2,1H3/t10-,11-/m0/s1. The molecule has 2 aliphatic heterocycles. The summed E-state index contributed by atoms with van der Waals surface area (Å²) in [6.07, 6.45) is 3.95. The van der Waals surface area contributed by atoms with Gasteiger partial charge in [-0.15, -0.1) is 0 Å². The van der Waals surface area contributed by atoms with Crippen LogP contribution in [0.3, 0.4) is 0 Å². The molecule has 3 fully saturated rings. The molecule has 0 aromatic carbocycles. The van der Waals surface area contributed by atoms with Gasteiger partial charge in [0.05, 0.1) is 18.8 Å². The van der Waals surface area contributed by atoms with Crippen LogP contribution in [-0.2, 0) is 9.47 Å². The third-order valence-corrected chi connectivity index (χ3v) is 4.46. The number of piperidine rings is 1. The Morgan fingerprint density at radius 2 is 1.75 bits per heavy atom. The van der Waals surface area contributed by atoms with Crippen molar-refractivity contribution in [2.24, 2.45) is 0 Å². The first-order valence-electron chi connectivity index (χ1n) is 6.36. The first-order chi connectivity index (χ1) is 7.61. The maximum atomic E-state index is 10.1. The van der Waals surface area contributed by atoms with E-state index in [4.69, 9.17) is 9.47 Å². The van der Waals surface area contributed by atoms with Gasteiger partial charge in [-0.25, -0.2) is 0 Å². The Bertz CT molecular complexity index is 263. The number of aliphatic hydroxyl groups is 1. The van der Waals surface area contributed by atoms with Gasteiger partial charge < -0.3 is 14.6 Å². The first kappa shape index (κ1) is 11.0. The lowest BCUT2D eigenvalue weighted by Gasteiger charge is -2.51. The van der Waals surface area contributed by atoms with Crippen molar-refractivity contribution in [3.05, 3.63) is 0 Å². The summed E-state index contributed by atoms with van der Waals surface area (Å²) in [5.41, 5.74) is -0.470. The normalized spacial score (nSPS) is 43.5. The van der Waals surface area contributed by atoms with E-state index in [-0.39, 0.29) is 5.79 Å². The second-order valence-corrected chi connectivity index (χ2v) is 5.56. The van der Waals surface area contributed by atoms with E-state index in [2.05, 4.69) is 4.90 Å². The van der Waals surface area contributed by atoms with Crippen molar-refractivity contribution in [2.75, 3.05) is 26.3 Å². The van der Waals surface area contributed by atoms with Gasteiger partial charge >= 0.3 is 0 Å². The van der Waals surface area contributed by atoms with Crippen molar-refractivity contribution < 1.29 is 14.6 Å². The fraction of sp³-hybridized carbons (Fsp3) is 1.00. The van der Waals surface area contributed by atoms with Crippen LogP contribution in [0.25, 0.3) is 0 Å². The van der Waals surface area contributed by atoms with Crippen LogP contribution in [-0.4, -0.2) is 53.7 Å². The van der Waals surface area contributed by atoms with Crippen molar-refractivity contribution >= 4 is 0 Å². The highest BCUT2D eigenvalue weighted by molar-refractivity contribution is 5.01. The van der Waals surface area contributed by atoms with Gasteiger partial charge in [0.2, 0.25) is 0 Å². The minimum absolute atomic E-state index is 0.286. The second kappa shape index (κ2) is 3.67. The number of hydrogen-bond donors (Lipinski definition) is 1. The summed E-state index contributed by atoms with van der Waals surface area (Å²) in [5.74, 6) is -0.286. The molecule has 1 N–H and O–H groups in total. The summed E-state index contributed by atoms with van der Waals surface area (Å²) < 4.78 is 11.4. The molecule has 0 amide bonds. The van der Waals surface area contributed by atoms with Gasteiger partial charge in [-0.3, -0.25) is 4.90 Å². The van der Waals surface area contributed by atoms with E-state index in [1.165, 1.54) is 0 Å². The number of nitrogens with zero attached hydrogens (tertiary/aromatic N) is 1. The lowest BCUT2D eigenvalue weighted by atomic mass is 9.74. The van der Waals surface area contributed by atoms with Crippen LogP contribution in [0.15, 0.2) is 0 Å². The van der Waals surface area contributed by atoms with E-state index in [0.717, 1.165) is 52.0 Å². The van der Waals surface area contributed by atoms with Crippen LogP contribution in [0, 0.1) is 0 Å². The summed E-state index contributed by atoms with van der Waals surface area (Å²) in [6.45, 7) is 5.40. The average molecular weight is 227 g/mol. The van der Waals surface area contributed by atoms with Gasteiger partial charge in [-0.05, 0) is 19.8 Å². The maximum absolute atomic E-state index is 10.1. The Hall–Kier alpha value is -0.160. The van der Waals surface area contributed by atoms with Crippen molar-refractivity contribution in [3.8, 4) is 0 Å². The third kappa shape index (κ3) is 1.68. The topological polar surface area (TPSA) is 41.9 Å². The molecule has 2 atom stereocenters. The summed E-state index contributed by atoms with van der Waals surface area (Å²) in [5, 5.41) is 10.1. The molecule has 2 saturated heterocycles. The van der Waals surface area contributed by atoms with Gasteiger partial charge in [-0.1, -0.05) is 0 Å². The third-order valence-electron chi connectivity index (χ3n) is 4.46. The molecule has 1 spiro atoms. The molecule has 0 aromatic heterocycles. The van der Waals surface area contributed by atoms with Gasteiger partial charge in [0.15, 0.2) is 5.79 Å². The predicted octanol–water partition coefficient (Wildman–Crippen LogP) is 0.739. The molecule has 3 rings (SSSR count). The van der Waals surface area contributed by atoms with E-state index in [1.807, 2.05) is 6.92 Å². The number of likely N-dealkylation sites (tertiary alicyclic amines) is 1. The molecular weight excluding hydrogens is 206 g/mol. The van der Waals surface area contributed by atoms with Crippen molar-refractivity contribution in [1.82, 2.24) is 4.90 Å². The molecule has 2 heterocycles. The zero-order chi connectivity index (χ0) is 11.2. The first-order valence-corrected chi connectivity index (χ1v) is 6.36. The Kier molecular flexibility index (Phi) is 2.51. The molecule has 92 valence electrons. The van der Waals surface area contributed by atoms with Crippen LogP contribution in [0.2, 0.25) is 0 Å². The molecule has 4 heteroatoms. The highest BCUT2D eigenvalue weighted by Crippen LogP contribution is 2.39. The Morgan fingerprint density at radius 1 is 1.12 bits per heavy atom. The largest absolute Gasteiger partial charge is 0.389 e. The summed E-state index contributed by atoms with van der Waals surface area (Å²) >= 11 is 0. The summed E-state index contributed by atoms with van der Waals surface area (Å²) in [7, 11) is 0. The van der Waals surface area contributed by atoms with Crippen molar-refractivity contribution in [3.63, 3.8) is 0 Å². The zero-order valence-electron chi connectivity index (χ0n) is 9.95. The minimum Gasteiger partial charge on any atom is -0.389 e. The zero-order valence-corrected chi connectivity index (χ0v) is 9.95. The van der Waals surface area contributed by atoms with Crippen LogP contribution in [0.5, 0.6) is 0 Å². The molecule has 16 heavy (non-hydrogen) atoms. The molecule has 4 nitrogen and oxygen atoms in total. The molecule has 0 bridgehead atoms. The molecule has 0 aromatic rings. The molecule has 0 unspecified atom stereocenters. The molecule has 0 radical (unpaired) electrons. The van der Waals surface area contributed by atoms with Gasteiger partial charge in [-0.2, -0.15) is 0 Å². The lowest BCUT2D eigenvalue weighted by Crippen LogP contribution is -2.61. The molecule has 3 aliphatic rings. The van der Waals surface area contributed by atoms with Crippen LogP contribution >= 0.6 is 0 Å². The van der Waals surface area contributed by atoms with E-state index in [0.29, 0.717) is 6.04 Å². The smallest absolute Gasteiger partial charge is 0.170 e. The summed E-state index contributed by atoms with van der Waals surface area (Å²) in [4.78, 5) is 2.40. The summed E-state index contributed by atoms with van der Waals surface area (Å²) in [6, 6.07) is 0.353. The van der Waals surface area contributed by atoms with E-state index in [1.54, 1.807) is 0 Å². The number of rotatable bonds is 1. The molecule has 1 saturated carbocycles. The van der Waals surface area contributed by atoms with Gasteiger partial charge in [0.25, 0.3) is 0 Å². The molecular formula is C12H21NO3. The Morgan fingerprint density at radius 3 is 2.19 bits per heavy atom. The van der Waals surface area contributed by atoms with Crippen LogP contribution in [0.4, 0.5) is 0 Å². The van der Waals surface area contributed by atoms with Crippen molar-refractivity contribution in [1.29, 1.82) is 0 Å². The molecule has 1 aliphatic carbocycles. The number of hydrogen-bond acceptors (Lipinski definition) is 4. The van der Waals surface area contributed by atoms with E-state index < -0.39 is 5.60 Å². The maximum Gasteiger partial charge on any atom is 0.170 e. The number of ether oxygens (including phenoxy) is 2. The highest BCUT2D eigenvalue weighted by Gasteiger charge is 2.48. The van der Waals surface area contributed by atoms with Gasteiger partial charge in [0.1, 0.15) is 0 Å². The fourth-order valence-corrected chi connectivity index (χ4v) is 3.23. The van der Waals surface area contributed by atoms with E-state index >= 15 is 0 Å². The van der Waals surface area contributed by atoms with Gasteiger partial charge in [0, 0.05) is 32.0 Å². The Labute approximate surface area is 96.5 Å². The average Bonchev–Trinajstić information content (AvgIpc) is 2.69. The van der Waals surface area contributed by atoms with Crippen molar-refractivity contribution in [2.45, 2.75) is 50.0 Å². The monoisotopic (exact) mass is 227 g/mol. The fourth-order valence-electron chi connectivity index (χ4n) is 3.23. The SMILES string of the molecule is C[C@]1(O)CC[C@@H]1N1CCC2(CC1)OCCO2. The quantitative estimate of drug-likeness (QED) is 0.717. The lowest BCUT2D eigenvalue weighted by molar-refractivity contribution is -0.201. The predicted molar refractivity (Wildman–Crippen MR) is 59.1 cm³/mol. The van der Waals surface area contributed by atoms with E-state index in [9.17, 15) is 5.11 Å².